The number of aromatic amines is 1. The van der Waals surface area contributed by atoms with E-state index >= 15 is 0 Å². The van der Waals surface area contributed by atoms with E-state index in [-0.39, 0.29) is 5.91 Å². The maximum atomic E-state index is 12.4. The Morgan fingerprint density at radius 3 is 2.84 bits per heavy atom. The molecule has 1 aromatic carbocycles. The molecule has 128 valence electrons. The van der Waals surface area contributed by atoms with Crippen molar-refractivity contribution in [1.29, 1.82) is 0 Å². The lowest BCUT2D eigenvalue weighted by Crippen LogP contribution is -2.31. The van der Waals surface area contributed by atoms with E-state index in [2.05, 4.69) is 30.2 Å². The average Bonchev–Trinajstić information content (AvgIpc) is 3.10. The SMILES string of the molecule is O=C(NCc1nc2ccccc2[nH]1)c1cc(N2CCCCC2)ncn1. The van der Waals surface area contributed by atoms with Crippen molar-refractivity contribution in [3.63, 3.8) is 0 Å². The van der Waals surface area contributed by atoms with Crippen LogP contribution >= 0.6 is 0 Å². The Kier molecular flexibility index (Phi) is 4.28. The van der Waals surface area contributed by atoms with E-state index in [1.807, 2.05) is 24.3 Å². The van der Waals surface area contributed by atoms with Crippen molar-refractivity contribution < 1.29 is 4.79 Å². The Morgan fingerprint density at radius 2 is 2.00 bits per heavy atom. The predicted molar refractivity (Wildman–Crippen MR) is 95.4 cm³/mol. The van der Waals surface area contributed by atoms with Gasteiger partial charge in [-0.2, -0.15) is 0 Å². The number of para-hydroxylation sites is 2. The largest absolute Gasteiger partial charge is 0.357 e. The van der Waals surface area contributed by atoms with Crippen molar-refractivity contribution in [3.8, 4) is 0 Å². The Balaban J connectivity index is 1.43. The lowest BCUT2D eigenvalue weighted by molar-refractivity contribution is 0.0945. The molecule has 0 spiro atoms. The van der Waals surface area contributed by atoms with Gasteiger partial charge in [-0.3, -0.25) is 4.79 Å². The lowest BCUT2D eigenvalue weighted by atomic mass is 10.1. The standard InChI is InChI=1S/C18H20N6O/c25-18(19-11-16-22-13-6-2-3-7-14(13)23-16)15-10-17(21-12-20-15)24-8-4-1-5-9-24/h2-3,6-7,10,12H,1,4-5,8-9,11H2,(H,19,25)(H,22,23). The van der Waals surface area contributed by atoms with Crippen LogP contribution in [0.1, 0.15) is 35.6 Å². The van der Waals surface area contributed by atoms with E-state index < -0.39 is 0 Å². The number of benzene rings is 1. The molecule has 0 atom stereocenters. The van der Waals surface area contributed by atoms with E-state index in [4.69, 9.17) is 0 Å². The Morgan fingerprint density at radius 1 is 1.16 bits per heavy atom. The van der Waals surface area contributed by atoms with E-state index in [0.29, 0.717) is 12.2 Å². The molecule has 0 radical (unpaired) electrons. The number of fused-ring (bicyclic) bond motifs is 1. The highest BCUT2D eigenvalue weighted by atomic mass is 16.1. The highest BCUT2D eigenvalue weighted by Crippen LogP contribution is 2.17. The molecule has 0 aliphatic carbocycles. The molecule has 1 aliphatic rings. The number of carbonyl (C=O) groups is 1. The van der Waals surface area contributed by atoms with Crippen LogP contribution in [0.2, 0.25) is 0 Å². The number of nitrogens with zero attached hydrogens (tertiary/aromatic N) is 4. The Labute approximate surface area is 145 Å². The topological polar surface area (TPSA) is 86.8 Å². The van der Waals surface area contributed by atoms with Gasteiger partial charge in [0.1, 0.15) is 23.7 Å². The molecule has 1 amide bonds. The molecule has 0 bridgehead atoms. The van der Waals surface area contributed by atoms with Crippen molar-refractivity contribution >= 4 is 22.8 Å². The number of rotatable bonds is 4. The summed E-state index contributed by atoms with van der Waals surface area (Å²) in [5.74, 6) is 1.32. The zero-order valence-corrected chi connectivity index (χ0v) is 13.9. The molecule has 4 rings (SSSR count). The zero-order chi connectivity index (χ0) is 17.1. The summed E-state index contributed by atoms with van der Waals surface area (Å²) in [6.07, 6.45) is 5.04. The first-order valence-electron chi connectivity index (χ1n) is 8.58. The quantitative estimate of drug-likeness (QED) is 0.763. The number of hydrogen-bond acceptors (Lipinski definition) is 5. The van der Waals surface area contributed by atoms with Gasteiger partial charge < -0.3 is 15.2 Å². The molecule has 7 heteroatoms. The number of imidazole rings is 1. The molecule has 3 aromatic rings. The molecular weight excluding hydrogens is 316 g/mol. The van der Waals surface area contributed by atoms with E-state index in [0.717, 1.165) is 48.6 Å². The van der Waals surface area contributed by atoms with Crippen molar-refractivity contribution in [2.24, 2.45) is 0 Å². The monoisotopic (exact) mass is 336 g/mol. The molecule has 0 saturated carbocycles. The van der Waals surface area contributed by atoms with Crippen LogP contribution in [0.4, 0.5) is 5.82 Å². The fourth-order valence-electron chi connectivity index (χ4n) is 3.11. The molecule has 2 aromatic heterocycles. The van der Waals surface area contributed by atoms with Gasteiger partial charge in [0.15, 0.2) is 0 Å². The van der Waals surface area contributed by atoms with E-state index in [1.54, 1.807) is 6.07 Å². The summed E-state index contributed by atoms with van der Waals surface area (Å²) in [7, 11) is 0. The summed E-state index contributed by atoms with van der Waals surface area (Å²) in [6, 6.07) is 9.55. The third kappa shape index (κ3) is 3.45. The first kappa shape index (κ1) is 15.6. The number of hydrogen-bond donors (Lipinski definition) is 2. The lowest BCUT2D eigenvalue weighted by Gasteiger charge is -2.27. The van der Waals surface area contributed by atoms with E-state index in [9.17, 15) is 4.79 Å². The maximum absolute atomic E-state index is 12.4. The second kappa shape index (κ2) is 6.88. The van der Waals surface area contributed by atoms with Gasteiger partial charge in [0.05, 0.1) is 17.6 Å². The van der Waals surface area contributed by atoms with Crippen molar-refractivity contribution in [2.75, 3.05) is 18.0 Å². The van der Waals surface area contributed by atoms with Gasteiger partial charge in [0.25, 0.3) is 5.91 Å². The van der Waals surface area contributed by atoms with E-state index in [1.165, 1.54) is 12.7 Å². The molecule has 1 aliphatic heterocycles. The van der Waals surface area contributed by atoms with Crippen LogP contribution < -0.4 is 10.2 Å². The first-order valence-corrected chi connectivity index (χ1v) is 8.58. The molecule has 1 fully saturated rings. The number of piperidine rings is 1. The molecule has 3 heterocycles. The third-order valence-corrected chi connectivity index (χ3v) is 4.42. The van der Waals surface area contributed by atoms with Crippen LogP contribution in [-0.2, 0) is 6.54 Å². The molecule has 2 N–H and O–H groups in total. The average molecular weight is 336 g/mol. The molecule has 0 unspecified atom stereocenters. The third-order valence-electron chi connectivity index (χ3n) is 4.42. The molecular formula is C18H20N6O. The fourth-order valence-corrected chi connectivity index (χ4v) is 3.11. The smallest absolute Gasteiger partial charge is 0.270 e. The van der Waals surface area contributed by atoms with Crippen molar-refractivity contribution in [2.45, 2.75) is 25.8 Å². The summed E-state index contributed by atoms with van der Waals surface area (Å²) in [6.45, 7) is 2.30. The second-order valence-corrected chi connectivity index (χ2v) is 6.19. The van der Waals surface area contributed by atoms with Crippen LogP contribution in [0.3, 0.4) is 0 Å². The summed E-state index contributed by atoms with van der Waals surface area (Å²) in [5.41, 5.74) is 2.23. The highest BCUT2D eigenvalue weighted by molar-refractivity contribution is 5.92. The summed E-state index contributed by atoms with van der Waals surface area (Å²) in [5, 5.41) is 2.86. The summed E-state index contributed by atoms with van der Waals surface area (Å²) >= 11 is 0. The number of H-pyrrole nitrogens is 1. The zero-order valence-electron chi connectivity index (χ0n) is 13.9. The number of amides is 1. The predicted octanol–water partition coefficient (Wildman–Crippen LogP) is 2.27. The van der Waals surface area contributed by atoms with Crippen molar-refractivity contribution in [3.05, 3.63) is 48.2 Å². The first-order chi connectivity index (χ1) is 12.3. The molecule has 1 saturated heterocycles. The number of anilines is 1. The van der Waals surface area contributed by atoms with Crippen molar-refractivity contribution in [1.82, 2.24) is 25.3 Å². The summed E-state index contributed by atoms with van der Waals surface area (Å²) < 4.78 is 0. The normalized spacial score (nSPS) is 14.6. The maximum Gasteiger partial charge on any atom is 0.270 e. The van der Waals surface area contributed by atoms with Gasteiger partial charge in [-0.15, -0.1) is 0 Å². The van der Waals surface area contributed by atoms with Gasteiger partial charge in [0, 0.05) is 19.2 Å². The van der Waals surface area contributed by atoms with Crippen LogP contribution in [0.25, 0.3) is 11.0 Å². The Bertz CT molecular complexity index is 851. The highest BCUT2D eigenvalue weighted by Gasteiger charge is 2.15. The van der Waals surface area contributed by atoms with Gasteiger partial charge in [-0.05, 0) is 31.4 Å². The van der Waals surface area contributed by atoms with Crippen LogP contribution in [0.5, 0.6) is 0 Å². The van der Waals surface area contributed by atoms with Crippen LogP contribution in [0.15, 0.2) is 36.7 Å². The van der Waals surface area contributed by atoms with Gasteiger partial charge >= 0.3 is 0 Å². The van der Waals surface area contributed by atoms with Crippen LogP contribution in [0, 0.1) is 0 Å². The fraction of sp³-hybridized carbons (Fsp3) is 0.333. The minimum Gasteiger partial charge on any atom is -0.357 e. The number of carbonyl (C=O) groups excluding carboxylic acids is 1. The second-order valence-electron chi connectivity index (χ2n) is 6.19. The minimum absolute atomic E-state index is 0.221. The van der Waals surface area contributed by atoms with Gasteiger partial charge in [-0.25, -0.2) is 15.0 Å². The Hall–Kier alpha value is -2.96. The number of aromatic nitrogens is 4. The van der Waals surface area contributed by atoms with Crippen LogP contribution in [-0.4, -0.2) is 38.9 Å². The van der Waals surface area contributed by atoms with Gasteiger partial charge in [-0.1, -0.05) is 12.1 Å². The van der Waals surface area contributed by atoms with Gasteiger partial charge in [0.2, 0.25) is 0 Å². The minimum atomic E-state index is -0.221. The molecule has 25 heavy (non-hydrogen) atoms. The molecule has 7 nitrogen and oxygen atoms in total. The number of nitrogens with one attached hydrogen (secondary N) is 2. The summed E-state index contributed by atoms with van der Waals surface area (Å²) in [4.78, 5) is 30.7.